The molecule has 2 atom stereocenters. The number of phosphoric ester groups is 1. The number of quaternary nitrogens is 1. The zero-order chi connectivity index (χ0) is 22.7. The van der Waals surface area contributed by atoms with E-state index < -0.39 is 13.9 Å². The van der Waals surface area contributed by atoms with Gasteiger partial charge in [-0.05, 0) is 18.9 Å². The van der Waals surface area contributed by atoms with Gasteiger partial charge in [0.05, 0.1) is 34.0 Å². The first-order chi connectivity index (χ1) is 14.2. The lowest BCUT2D eigenvalue weighted by molar-refractivity contribution is -0.870. The Labute approximate surface area is 184 Å². The molecule has 0 spiro atoms. The molecule has 180 valence electrons. The van der Waals surface area contributed by atoms with E-state index in [2.05, 4.69) is 6.92 Å². The van der Waals surface area contributed by atoms with Crippen molar-refractivity contribution in [2.75, 3.05) is 47.5 Å². The summed E-state index contributed by atoms with van der Waals surface area (Å²) in [7, 11) is 1.41. The number of ether oxygens (including phenoxy) is 1. The highest BCUT2D eigenvalue weighted by Gasteiger charge is 2.15. The molecule has 30 heavy (non-hydrogen) atoms. The van der Waals surface area contributed by atoms with Gasteiger partial charge in [0.15, 0.2) is 0 Å². The third kappa shape index (κ3) is 22.3. The van der Waals surface area contributed by atoms with Crippen LogP contribution in [0.2, 0.25) is 0 Å². The summed E-state index contributed by atoms with van der Waals surface area (Å²) in [6.45, 7) is 2.42. The van der Waals surface area contributed by atoms with Crippen LogP contribution in [0.15, 0.2) is 12.3 Å². The van der Waals surface area contributed by atoms with Crippen LogP contribution in [-0.2, 0) is 18.3 Å². The molecule has 0 aromatic rings. The number of unbranched alkanes of at least 4 members (excludes halogenated alkanes) is 10. The van der Waals surface area contributed by atoms with Crippen molar-refractivity contribution >= 4 is 7.82 Å². The van der Waals surface area contributed by atoms with Gasteiger partial charge in [0.2, 0.25) is 0 Å². The van der Waals surface area contributed by atoms with Crippen molar-refractivity contribution in [1.82, 2.24) is 0 Å². The van der Waals surface area contributed by atoms with E-state index in [0.29, 0.717) is 11.0 Å². The van der Waals surface area contributed by atoms with E-state index in [9.17, 15) is 14.6 Å². The van der Waals surface area contributed by atoms with Crippen LogP contribution in [0.3, 0.4) is 0 Å². The molecular formula is C22H46NO6P. The molecular weight excluding hydrogens is 405 g/mol. The summed E-state index contributed by atoms with van der Waals surface area (Å²) in [6, 6.07) is 0. The lowest BCUT2D eigenvalue weighted by Crippen LogP contribution is -2.37. The van der Waals surface area contributed by atoms with Crippen LogP contribution in [0.5, 0.6) is 0 Å². The number of likely N-dealkylation sites (N-methyl/N-ethyl adjacent to an activating group) is 1. The standard InChI is InChI=1S/C22H46NO6P/c1-5-6-7-8-9-10-11-12-13-14-15-16-18-27-20-22(24)21-29-30(25,26)28-19-17-23(2,3)4/h16,18,22,24H,5-15,17,19-21H2,1-4H3/b18-16-/t22-/m1/s1. The maximum atomic E-state index is 11.6. The van der Waals surface area contributed by atoms with Gasteiger partial charge in [-0.25, -0.2) is 0 Å². The number of rotatable bonds is 21. The van der Waals surface area contributed by atoms with Crippen molar-refractivity contribution in [3.63, 3.8) is 0 Å². The van der Waals surface area contributed by atoms with Crippen LogP contribution in [0, 0.1) is 0 Å². The fourth-order valence-electron chi connectivity index (χ4n) is 2.74. The summed E-state index contributed by atoms with van der Waals surface area (Å²) < 4.78 is 26.9. The summed E-state index contributed by atoms with van der Waals surface area (Å²) >= 11 is 0. The fourth-order valence-corrected chi connectivity index (χ4v) is 3.48. The van der Waals surface area contributed by atoms with Crippen LogP contribution >= 0.6 is 7.82 Å². The van der Waals surface area contributed by atoms with Crippen molar-refractivity contribution in [3.05, 3.63) is 12.3 Å². The SMILES string of the molecule is CCCCCCCCCCCC/C=C\OC[C@@H](O)COP(=O)([O-])OCC[N+](C)(C)C. The molecule has 0 aromatic heterocycles. The van der Waals surface area contributed by atoms with Gasteiger partial charge in [-0.3, -0.25) is 4.57 Å². The number of aliphatic hydroxyl groups is 1. The summed E-state index contributed by atoms with van der Waals surface area (Å²) in [4.78, 5) is 11.6. The smallest absolute Gasteiger partial charge is 0.268 e. The number of phosphoric acid groups is 1. The minimum absolute atomic E-state index is 0.0204. The van der Waals surface area contributed by atoms with Crippen molar-refractivity contribution in [2.45, 2.75) is 83.7 Å². The van der Waals surface area contributed by atoms with Gasteiger partial charge >= 0.3 is 0 Å². The molecule has 8 heteroatoms. The lowest BCUT2D eigenvalue weighted by atomic mass is 10.1. The molecule has 0 aromatic carbocycles. The second-order valence-corrected chi connectivity index (χ2v) is 10.3. The van der Waals surface area contributed by atoms with Crippen molar-refractivity contribution in [3.8, 4) is 0 Å². The van der Waals surface area contributed by atoms with Crippen LogP contribution in [0.1, 0.15) is 77.6 Å². The molecule has 0 amide bonds. The van der Waals surface area contributed by atoms with Crippen molar-refractivity contribution < 1.29 is 32.8 Å². The van der Waals surface area contributed by atoms with Gasteiger partial charge in [0.25, 0.3) is 7.82 Å². The van der Waals surface area contributed by atoms with Crippen LogP contribution < -0.4 is 4.89 Å². The Bertz CT molecular complexity index is 467. The second kappa shape index (κ2) is 18.2. The fraction of sp³-hybridized carbons (Fsp3) is 0.909. The first-order valence-corrected chi connectivity index (χ1v) is 13.0. The number of aliphatic hydroxyl groups excluding tert-OH is 1. The summed E-state index contributed by atoms with van der Waals surface area (Å²) in [5.74, 6) is 0. The average Bonchev–Trinajstić information content (AvgIpc) is 2.65. The van der Waals surface area contributed by atoms with Crippen molar-refractivity contribution in [2.24, 2.45) is 0 Å². The lowest BCUT2D eigenvalue weighted by Gasteiger charge is -2.27. The highest BCUT2D eigenvalue weighted by molar-refractivity contribution is 7.45. The maximum Gasteiger partial charge on any atom is 0.268 e. The van der Waals surface area contributed by atoms with Gasteiger partial charge in [-0.2, -0.15) is 0 Å². The van der Waals surface area contributed by atoms with Crippen LogP contribution in [0.25, 0.3) is 0 Å². The molecule has 0 fully saturated rings. The van der Waals surface area contributed by atoms with Gasteiger partial charge in [-0.1, -0.05) is 64.7 Å². The molecule has 0 heterocycles. The monoisotopic (exact) mass is 451 g/mol. The molecule has 0 radical (unpaired) electrons. The Morgan fingerprint density at radius 1 is 0.933 bits per heavy atom. The zero-order valence-electron chi connectivity index (χ0n) is 19.7. The Morgan fingerprint density at radius 2 is 1.50 bits per heavy atom. The van der Waals surface area contributed by atoms with E-state index in [1.807, 2.05) is 27.2 Å². The molecule has 0 aliphatic rings. The van der Waals surface area contributed by atoms with E-state index in [1.165, 1.54) is 57.8 Å². The molecule has 0 aliphatic carbocycles. The number of hydrogen-bond donors (Lipinski definition) is 1. The van der Waals surface area contributed by atoms with E-state index in [4.69, 9.17) is 13.8 Å². The Kier molecular flexibility index (Phi) is 17.9. The second-order valence-electron chi connectivity index (χ2n) is 8.92. The van der Waals surface area contributed by atoms with Gasteiger partial charge in [0, 0.05) is 0 Å². The van der Waals surface area contributed by atoms with Gasteiger partial charge in [0.1, 0.15) is 25.9 Å². The molecule has 0 bridgehead atoms. The minimum Gasteiger partial charge on any atom is -0.756 e. The number of allylic oxidation sites excluding steroid dienone is 1. The highest BCUT2D eigenvalue weighted by atomic mass is 31.2. The zero-order valence-corrected chi connectivity index (χ0v) is 20.6. The summed E-state index contributed by atoms with van der Waals surface area (Å²) in [5.41, 5.74) is 0. The number of hydrogen-bond acceptors (Lipinski definition) is 6. The predicted molar refractivity (Wildman–Crippen MR) is 120 cm³/mol. The summed E-state index contributed by atoms with van der Waals surface area (Å²) in [6.07, 6.45) is 16.5. The Hall–Kier alpha value is -0.430. The first-order valence-electron chi connectivity index (χ1n) is 11.5. The summed E-state index contributed by atoms with van der Waals surface area (Å²) in [5, 5.41) is 9.76. The normalized spacial score (nSPS) is 15.4. The topological polar surface area (TPSA) is 88.0 Å². The van der Waals surface area contributed by atoms with E-state index in [0.717, 1.165) is 12.8 Å². The first kappa shape index (κ1) is 29.6. The molecule has 7 nitrogen and oxygen atoms in total. The van der Waals surface area contributed by atoms with E-state index >= 15 is 0 Å². The van der Waals surface area contributed by atoms with Crippen LogP contribution in [0.4, 0.5) is 0 Å². The Morgan fingerprint density at radius 3 is 2.07 bits per heavy atom. The van der Waals surface area contributed by atoms with E-state index in [1.54, 1.807) is 6.26 Å². The van der Waals surface area contributed by atoms with Crippen molar-refractivity contribution in [1.29, 1.82) is 0 Å². The molecule has 1 N–H and O–H groups in total. The third-order valence-electron chi connectivity index (χ3n) is 4.64. The molecule has 1 unspecified atom stereocenters. The molecule has 0 saturated carbocycles. The Balaban J connectivity index is 3.55. The minimum atomic E-state index is -4.40. The molecule has 0 aliphatic heterocycles. The quantitative estimate of drug-likeness (QED) is 0.120. The molecule has 0 rings (SSSR count). The highest BCUT2D eigenvalue weighted by Crippen LogP contribution is 2.38. The van der Waals surface area contributed by atoms with Gasteiger partial charge in [-0.15, -0.1) is 0 Å². The van der Waals surface area contributed by atoms with Crippen LogP contribution in [-0.4, -0.2) is 63.2 Å². The average molecular weight is 452 g/mol. The van der Waals surface area contributed by atoms with Gasteiger partial charge < -0.3 is 28.3 Å². The molecule has 0 saturated heterocycles. The predicted octanol–water partition coefficient (Wildman–Crippen LogP) is 4.40. The van der Waals surface area contributed by atoms with E-state index in [-0.39, 0.29) is 19.8 Å². The number of nitrogens with zero attached hydrogens (tertiary/aromatic N) is 1. The maximum absolute atomic E-state index is 11.6. The largest absolute Gasteiger partial charge is 0.756 e. The third-order valence-corrected chi connectivity index (χ3v) is 5.61.